The lowest BCUT2D eigenvalue weighted by atomic mass is 10.0. The Morgan fingerprint density at radius 3 is 2.58 bits per heavy atom. The number of nitrogens with zero attached hydrogens (tertiary/aromatic N) is 1. The second-order valence-corrected chi connectivity index (χ2v) is 7.27. The van der Waals surface area contributed by atoms with Crippen LogP contribution in [0.3, 0.4) is 0 Å². The third-order valence-electron chi connectivity index (χ3n) is 4.39. The van der Waals surface area contributed by atoms with Crippen molar-refractivity contribution in [1.82, 2.24) is 10.2 Å². The largest absolute Gasteiger partial charge is 0.345 e. The molecule has 2 rings (SSSR count). The Bertz CT molecular complexity index is 584. The average molecular weight is 396 g/mol. The Labute approximate surface area is 152 Å². The van der Waals surface area contributed by atoms with Gasteiger partial charge in [-0.1, -0.05) is 29.3 Å². The number of halogens is 1. The number of unbranched alkanes of at least 4 members (excludes halogenated alkanes) is 1. The van der Waals surface area contributed by atoms with Crippen LogP contribution in [0.15, 0.2) is 22.7 Å². The van der Waals surface area contributed by atoms with E-state index in [4.69, 9.17) is 0 Å². The maximum atomic E-state index is 12.1. The molecule has 0 atom stereocenters. The lowest BCUT2D eigenvalue weighted by Gasteiger charge is -2.32. The SMILES string of the molecule is CCCCN1CCC(NC(=O)C(=O)Nc2ccc(Br)cc2C)CC1. The first kappa shape index (κ1) is 18.9. The average Bonchev–Trinajstić information content (AvgIpc) is 2.56. The summed E-state index contributed by atoms with van der Waals surface area (Å²) in [4.78, 5) is 26.6. The molecule has 0 unspecified atom stereocenters. The molecule has 1 fully saturated rings. The van der Waals surface area contributed by atoms with E-state index in [0.29, 0.717) is 5.69 Å². The van der Waals surface area contributed by atoms with Gasteiger partial charge in [-0.3, -0.25) is 9.59 Å². The summed E-state index contributed by atoms with van der Waals surface area (Å²) >= 11 is 3.38. The van der Waals surface area contributed by atoms with Gasteiger partial charge in [0.15, 0.2) is 0 Å². The molecule has 1 heterocycles. The van der Waals surface area contributed by atoms with E-state index < -0.39 is 11.8 Å². The van der Waals surface area contributed by atoms with Gasteiger partial charge >= 0.3 is 11.8 Å². The summed E-state index contributed by atoms with van der Waals surface area (Å²) in [6, 6.07) is 5.62. The number of anilines is 1. The van der Waals surface area contributed by atoms with Gasteiger partial charge in [0.1, 0.15) is 0 Å². The van der Waals surface area contributed by atoms with Gasteiger partial charge < -0.3 is 15.5 Å². The zero-order valence-electron chi connectivity index (χ0n) is 14.4. The molecule has 2 N–H and O–H groups in total. The van der Waals surface area contributed by atoms with Gasteiger partial charge in [0.25, 0.3) is 0 Å². The van der Waals surface area contributed by atoms with Crippen molar-refractivity contribution < 1.29 is 9.59 Å². The molecule has 132 valence electrons. The molecule has 24 heavy (non-hydrogen) atoms. The lowest BCUT2D eigenvalue weighted by molar-refractivity contribution is -0.136. The first-order chi connectivity index (χ1) is 11.5. The van der Waals surface area contributed by atoms with Gasteiger partial charge in [-0.15, -0.1) is 0 Å². The fourth-order valence-electron chi connectivity index (χ4n) is 2.88. The number of aryl methyl sites for hydroxylation is 1. The van der Waals surface area contributed by atoms with Crippen molar-refractivity contribution in [2.75, 3.05) is 25.0 Å². The number of carbonyl (C=O) groups excluding carboxylic acids is 2. The minimum Gasteiger partial charge on any atom is -0.345 e. The van der Waals surface area contributed by atoms with E-state index in [0.717, 1.165) is 42.5 Å². The molecular formula is C18H26BrN3O2. The van der Waals surface area contributed by atoms with Crippen LogP contribution in [0.25, 0.3) is 0 Å². The normalized spacial score (nSPS) is 16.0. The molecular weight excluding hydrogens is 370 g/mol. The van der Waals surface area contributed by atoms with Crippen molar-refractivity contribution in [1.29, 1.82) is 0 Å². The van der Waals surface area contributed by atoms with Crippen LogP contribution in [-0.4, -0.2) is 42.4 Å². The Hall–Kier alpha value is -1.40. The molecule has 0 saturated carbocycles. The molecule has 1 aromatic carbocycles. The summed E-state index contributed by atoms with van der Waals surface area (Å²) < 4.78 is 0.942. The van der Waals surface area contributed by atoms with Crippen molar-refractivity contribution >= 4 is 33.4 Å². The smallest absolute Gasteiger partial charge is 0.313 e. The number of hydrogen-bond acceptors (Lipinski definition) is 3. The highest BCUT2D eigenvalue weighted by molar-refractivity contribution is 9.10. The number of nitrogens with one attached hydrogen (secondary N) is 2. The van der Waals surface area contributed by atoms with Gasteiger partial charge in [0, 0.05) is 29.3 Å². The molecule has 0 aromatic heterocycles. The maximum absolute atomic E-state index is 12.1. The lowest BCUT2D eigenvalue weighted by Crippen LogP contribution is -2.47. The zero-order chi connectivity index (χ0) is 17.5. The summed E-state index contributed by atoms with van der Waals surface area (Å²) in [5, 5.41) is 5.54. The standard InChI is InChI=1S/C18H26BrN3O2/c1-3-4-9-22-10-7-15(8-11-22)20-17(23)18(24)21-16-6-5-14(19)12-13(16)2/h5-6,12,15H,3-4,7-11H2,1-2H3,(H,20,23)(H,21,24). The molecule has 2 amide bonds. The highest BCUT2D eigenvalue weighted by Crippen LogP contribution is 2.20. The van der Waals surface area contributed by atoms with E-state index in [-0.39, 0.29) is 6.04 Å². The van der Waals surface area contributed by atoms with Gasteiger partial charge in [-0.25, -0.2) is 0 Å². The minimum atomic E-state index is -0.603. The summed E-state index contributed by atoms with van der Waals surface area (Å²) in [5.41, 5.74) is 1.57. The molecule has 0 spiro atoms. The van der Waals surface area contributed by atoms with Crippen LogP contribution >= 0.6 is 15.9 Å². The maximum Gasteiger partial charge on any atom is 0.313 e. The zero-order valence-corrected chi connectivity index (χ0v) is 16.0. The first-order valence-electron chi connectivity index (χ1n) is 8.60. The van der Waals surface area contributed by atoms with Gasteiger partial charge in [0.05, 0.1) is 0 Å². The Morgan fingerprint density at radius 1 is 1.25 bits per heavy atom. The minimum absolute atomic E-state index is 0.0899. The summed E-state index contributed by atoms with van der Waals surface area (Å²) in [7, 11) is 0. The molecule has 0 radical (unpaired) electrons. The van der Waals surface area contributed by atoms with Crippen molar-refractivity contribution in [3.05, 3.63) is 28.2 Å². The second-order valence-electron chi connectivity index (χ2n) is 6.36. The number of likely N-dealkylation sites (tertiary alicyclic amines) is 1. The Morgan fingerprint density at radius 2 is 1.96 bits per heavy atom. The quantitative estimate of drug-likeness (QED) is 0.752. The van der Waals surface area contributed by atoms with Gasteiger partial charge in [0.2, 0.25) is 0 Å². The van der Waals surface area contributed by atoms with Crippen molar-refractivity contribution in [3.63, 3.8) is 0 Å². The van der Waals surface area contributed by atoms with Crippen molar-refractivity contribution in [2.24, 2.45) is 0 Å². The fourth-order valence-corrected chi connectivity index (χ4v) is 3.36. The molecule has 1 aromatic rings. The van der Waals surface area contributed by atoms with E-state index in [2.05, 4.69) is 38.4 Å². The number of benzene rings is 1. The molecule has 0 bridgehead atoms. The van der Waals surface area contributed by atoms with Gasteiger partial charge in [-0.2, -0.15) is 0 Å². The Kier molecular flexibility index (Phi) is 7.24. The highest BCUT2D eigenvalue weighted by Gasteiger charge is 2.23. The Balaban J connectivity index is 1.79. The summed E-state index contributed by atoms with van der Waals surface area (Å²) in [6.45, 7) is 7.18. The number of amides is 2. The molecule has 0 aliphatic carbocycles. The molecule has 1 aliphatic heterocycles. The number of rotatable bonds is 5. The molecule has 5 nitrogen and oxygen atoms in total. The van der Waals surface area contributed by atoms with E-state index in [1.807, 2.05) is 19.1 Å². The molecule has 1 aliphatic rings. The van der Waals surface area contributed by atoms with Crippen molar-refractivity contribution in [2.45, 2.75) is 45.6 Å². The van der Waals surface area contributed by atoms with Gasteiger partial charge in [-0.05, 0) is 56.5 Å². The molecule has 6 heteroatoms. The topological polar surface area (TPSA) is 61.4 Å². The monoisotopic (exact) mass is 395 g/mol. The van der Waals surface area contributed by atoms with Crippen LogP contribution in [0, 0.1) is 6.92 Å². The van der Waals surface area contributed by atoms with Crippen LogP contribution < -0.4 is 10.6 Å². The highest BCUT2D eigenvalue weighted by atomic mass is 79.9. The van der Waals surface area contributed by atoms with E-state index >= 15 is 0 Å². The van der Waals surface area contributed by atoms with E-state index in [9.17, 15) is 9.59 Å². The van der Waals surface area contributed by atoms with Crippen LogP contribution in [-0.2, 0) is 9.59 Å². The first-order valence-corrected chi connectivity index (χ1v) is 9.39. The van der Waals surface area contributed by atoms with Crippen molar-refractivity contribution in [3.8, 4) is 0 Å². The van der Waals surface area contributed by atoms with Crippen LogP contribution in [0.5, 0.6) is 0 Å². The number of carbonyl (C=O) groups is 2. The summed E-state index contributed by atoms with van der Waals surface area (Å²) in [6.07, 6.45) is 4.22. The van der Waals surface area contributed by atoms with Crippen LogP contribution in [0.1, 0.15) is 38.2 Å². The third-order valence-corrected chi connectivity index (χ3v) is 4.89. The summed E-state index contributed by atoms with van der Waals surface area (Å²) in [5.74, 6) is -1.15. The van der Waals surface area contributed by atoms with E-state index in [1.165, 1.54) is 12.8 Å². The number of piperidine rings is 1. The predicted octanol–water partition coefficient (Wildman–Crippen LogP) is 3.08. The molecule has 1 saturated heterocycles. The second kappa shape index (κ2) is 9.18. The number of hydrogen-bond donors (Lipinski definition) is 2. The van der Waals surface area contributed by atoms with Crippen LogP contribution in [0.4, 0.5) is 5.69 Å². The predicted molar refractivity (Wildman–Crippen MR) is 100 cm³/mol. The fraction of sp³-hybridized carbons (Fsp3) is 0.556. The van der Waals surface area contributed by atoms with E-state index in [1.54, 1.807) is 6.07 Å². The third kappa shape index (κ3) is 5.60. The van der Waals surface area contributed by atoms with Crippen LogP contribution in [0.2, 0.25) is 0 Å².